The number of sulfone groups is 1. The highest BCUT2D eigenvalue weighted by Crippen LogP contribution is 2.15. The zero-order valence-corrected chi connectivity index (χ0v) is 12.1. The SMILES string of the molecule is C#CCNC(=O)CCCOc1ccc(S(C)(=O)=O)cc1. The molecule has 0 aliphatic heterocycles. The largest absolute Gasteiger partial charge is 0.494 e. The van der Waals surface area contributed by atoms with Gasteiger partial charge in [-0.15, -0.1) is 6.42 Å². The van der Waals surface area contributed by atoms with Crippen molar-refractivity contribution < 1.29 is 17.9 Å². The van der Waals surface area contributed by atoms with E-state index >= 15 is 0 Å². The third-order valence-corrected chi connectivity index (χ3v) is 3.58. The Morgan fingerprint density at radius 1 is 1.35 bits per heavy atom. The van der Waals surface area contributed by atoms with Crippen LogP contribution in [-0.4, -0.2) is 33.7 Å². The van der Waals surface area contributed by atoms with Crippen LogP contribution in [0.2, 0.25) is 0 Å². The molecule has 0 saturated carbocycles. The number of amides is 1. The van der Waals surface area contributed by atoms with Crippen LogP contribution < -0.4 is 10.1 Å². The van der Waals surface area contributed by atoms with Gasteiger partial charge in [0, 0.05) is 12.7 Å². The maximum absolute atomic E-state index is 11.3. The Morgan fingerprint density at radius 3 is 2.55 bits per heavy atom. The van der Waals surface area contributed by atoms with E-state index in [0.717, 1.165) is 6.26 Å². The molecule has 1 N–H and O–H groups in total. The van der Waals surface area contributed by atoms with Gasteiger partial charge in [0.15, 0.2) is 9.84 Å². The van der Waals surface area contributed by atoms with Crippen molar-refractivity contribution in [3.05, 3.63) is 24.3 Å². The summed E-state index contributed by atoms with van der Waals surface area (Å²) in [5, 5.41) is 2.56. The molecule has 0 aliphatic rings. The maximum Gasteiger partial charge on any atom is 0.220 e. The quantitative estimate of drug-likeness (QED) is 0.601. The second-order valence-corrected chi connectivity index (χ2v) is 6.19. The summed E-state index contributed by atoms with van der Waals surface area (Å²) in [4.78, 5) is 11.5. The van der Waals surface area contributed by atoms with Crippen molar-refractivity contribution in [2.75, 3.05) is 19.4 Å². The lowest BCUT2D eigenvalue weighted by atomic mass is 10.3. The monoisotopic (exact) mass is 295 g/mol. The first kappa shape index (κ1) is 16.1. The summed E-state index contributed by atoms with van der Waals surface area (Å²) >= 11 is 0. The maximum atomic E-state index is 11.3. The number of carbonyl (C=O) groups excluding carboxylic acids is 1. The molecule has 0 spiro atoms. The van der Waals surface area contributed by atoms with Crippen LogP contribution in [0.25, 0.3) is 0 Å². The molecule has 0 radical (unpaired) electrons. The molecule has 0 atom stereocenters. The molecule has 6 heteroatoms. The Balaban J connectivity index is 2.33. The smallest absolute Gasteiger partial charge is 0.220 e. The number of benzene rings is 1. The number of hydrogen-bond acceptors (Lipinski definition) is 4. The molecule has 0 aromatic heterocycles. The lowest BCUT2D eigenvalue weighted by molar-refractivity contribution is -0.121. The summed E-state index contributed by atoms with van der Waals surface area (Å²) in [5.74, 6) is 2.78. The van der Waals surface area contributed by atoms with E-state index in [9.17, 15) is 13.2 Å². The summed E-state index contributed by atoms with van der Waals surface area (Å²) in [7, 11) is -3.19. The topological polar surface area (TPSA) is 72.5 Å². The summed E-state index contributed by atoms with van der Waals surface area (Å²) in [6, 6.07) is 6.16. The Hall–Kier alpha value is -2.00. The van der Waals surface area contributed by atoms with Gasteiger partial charge in [0.2, 0.25) is 5.91 Å². The highest BCUT2D eigenvalue weighted by molar-refractivity contribution is 7.90. The second-order valence-electron chi connectivity index (χ2n) is 4.18. The highest BCUT2D eigenvalue weighted by atomic mass is 32.2. The third kappa shape index (κ3) is 5.76. The fourth-order valence-corrected chi connectivity index (χ4v) is 2.07. The molecule has 1 rings (SSSR count). The van der Waals surface area contributed by atoms with Crippen molar-refractivity contribution in [3.63, 3.8) is 0 Å². The molecule has 0 heterocycles. The van der Waals surface area contributed by atoms with Gasteiger partial charge in [-0.25, -0.2) is 8.42 Å². The molecule has 1 amide bonds. The van der Waals surface area contributed by atoms with Gasteiger partial charge in [-0.1, -0.05) is 5.92 Å². The molecule has 1 aromatic rings. The minimum absolute atomic E-state index is 0.112. The molecule has 0 aliphatic carbocycles. The molecule has 1 aromatic carbocycles. The average Bonchev–Trinajstić information content (AvgIpc) is 2.41. The van der Waals surface area contributed by atoms with Crippen LogP contribution in [0.5, 0.6) is 5.75 Å². The van der Waals surface area contributed by atoms with Crippen LogP contribution in [0.4, 0.5) is 0 Å². The number of ether oxygens (including phenoxy) is 1. The molecule has 0 fully saturated rings. The van der Waals surface area contributed by atoms with E-state index in [0.29, 0.717) is 25.2 Å². The van der Waals surface area contributed by atoms with Gasteiger partial charge in [0.05, 0.1) is 18.0 Å². The van der Waals surface area contributed by atoms with Crippen molar-refractivity contribution in [1.82, 2.24) is 5.32 Å². The lowest BCUT2D eigenvalue weighted by Crippen LogP contribution is -2.23. The van der Waals surface area contributed by atoms with E-state index in [4.69, 9.17) is 11.2 Å². The zero-order chi connectivity index (χ0) is 15.0. The minimum Gasteiger partial charge on any atom is -0.494 e. The summed E-state index contributed by atoms with van der Waals surface area (Å²) in [6.07, 6.45) is 7.06. The number of nitrogens with one attached hydrogen (secondary N) is 1. The van der Waals surface area contributed by atoms with Crippen molar-refractivity contribution in [2.24, 2.45) is 0 Å². The average molecular weight is 295 g/mol. The third-order valence-electron chi connectivity index (χ3n) is 2.46. The first-order valence-corrected chi connectivity index (χ1v) is 7.95. The summed E-state index contributed by atoms with van der Waals surface area (Å²) in [5.41, 5.74) is 0. The van der Waals surface area contributed by atoms with Crippen LogP contribution in [0.1, 0.15) is 12.8 Å². The molecule has 108 valence electrons. The van der Waals surface area contributed by atoms with Crippen LogP contribution in [-0.2, 0) is 14.6 Å². The van der Waals surface area contributed by atoms with Crippen molar-refractivity contribution in [3.8, 4) is 18.1 Å². The van der Waals surface area contributed by atoms with Gasteiger partial charge < -0.3 is 10.1 Å². The number of carbonyl (C=O) groups is 1. The second kappa shape index (κ2) is 7.56. The van der Waals surface area contributed by atoms with E-state index in [1.807, 2.05) is 0 Å². The Labute approximate surface area is 119 Å². The normalized spacial score (nSPS) is 10.6. The molecule has 0 unspecified atom stereocenters. The summed E-state index contributed by atoms with van der Waals surface area (Å²) < 4.78 is 27.9. The number of hydrogen-bond donors (Lipinski definition) is 1. The fraction of sp³-hybridized carbons (Fsp3) is 0.357. The standard InChI is InChI=1S/C14H17NO4S/c1-3-10-15-14(16)5-4-11-19-12-6-8-13(9-7-12)20(2,17)18/h1,6-9H,4-5,10-11H2,2H3,(H,15,16). The Morgan fingerprint density at radius 2 is 2.00 bits per heavy atom. The molecule has 5 nitrogen and oxygen atoms in total. The van der Waals surface area contributed by atoms with Gasteiger partial charge in [0.25, 0.3) is 0 Å². The van der Waals surface area contributed by atoms with Gasteiger partial charge in [-0.3, -0.25) is 4.79 Å². The minimum atomic E-state index is -3.19. The summed E-state index contributed by atoms with van der Waals surface area (Å²) in [6.45, 7) is 0.605. The van der Waals surface area contributed by atoms with Gasteiger partial charge in [-0.05, 0) is 30.7 Å². The van der Waals surface area contributed by atoms with E-state index < -0.39 is 9.84 Å². The highest BCUT2D eigenvalue weighted by Gasteiger charge is 2.06. The van der Waals surface area contributed by atoms with Crippen molar-refractivity contribution >= 4 is 15.7 Å². The van der Waals surface area contributed by atoms with E-state index in [2.05, 4.69) is 11.2 Å². The van der Waals surface area contributed by atoms with E-state index in [1.54, 1.807) is 12.1 Å². The van der Waals surface area contributed by atoms with Crippen molar-refractivity contribution in [1.29, 1.82) is 0 Å². The number of terminal acetylenes is 1. The van der Waals surface area contributed by atoms with E-state index in [1.165, 1.54) is 12.1 Å². The molecule has 20 heavy (non-hydrogen) atoms. The molecular formula is C14H17NO4S. The van der Waals surface area contributed by atoms with Crippen LogP contribution >= 0.6 is 0 Å². The van der Waals surface area contributed by atoms with Crippen LogP contribution in [0, 0.1) is 12.3 Å². The van der Waals surface area contributed by atoms with Crippen LogP contribution in [0.15, 0.2) is 29.2 Å². The van der Waals surface area contributed by atoms with Gasteiger partial charge in [-0.2, -0.15) is 0 Å². The predicted octanol–water partition coefficient (Wildman–Crippen LogP) is 0.998. The van der Waals surface area contributed by atoms with Gasteiger partial charge in [0.1, 0.15) is 5.75 Å². The molecule has 0 bridgehead atoms. The molecular weight excluding hydrogens is 278 g/mol. The first-order valence-electron chi connectivity index (χ1n) is 6.06. The lowest BCUT2D eigenvalue weighted by Gasteiger charge is -2.06. The molecule has 0 saturated heterocycles. The fourth-order valence-electron chi connectivity index (χ4n) is 1.44. The Bertz CT molecular complexity index is 585. The number of rotatable bonds is 7. The first-order chi connectivity index (χ1) is 9.43. The Kier molecular flexibility index (Phi) is 6.07. The van der Waals surface area contributed by atoms with Crippen LogP contribution in [0.3, 0.4) is 0 Å². The van der Waals surface area contributed by atoms with Gasteiger partial charge >= 0.3 is 0 Å². The zero-order valence-electron chi connectivity index (χ0n) is 11.3. The van der Waals surface area contributed by atoms with Crippen molar-refractivity contribution in [2.45, 2.75) is 17.7 Å². The predicted molar refractivity (Wildman–Crippen MR) is 76.1 cm³/mol. The van der Waals surface area contributed by atoms with E-state index in [-0.39, 0.29) is 17.3 Å².